The van der Waals surface area contributed by atoms with Gasteiger partial charge in [-0.3, -0.25) is 9.00 Å². The topological polar surface area (TPSA) is 50.3 Å². The lowest BCUT2D eigenvalue weighted by Gasteiger charge is -2.25. The maximum atomic E-state index is 11.9. The van der Waals surface area contributed by atoms with E-state index >= 15 is 0 Å². The van der Waals surface area contributed by atoms with Crippen molar-refractivity contribution < 1.29 is 9.00 Å². The molecule has 0 aromatic carbocycles. The maximum Gasteiger partial charge on any atom is 0.265 e. The van der Waals surface area contributed by atoms with E-state index in [0.29, 0.717) is 29.5 Å². The summed E-state index contributed by atoms with van der Waals surface area (Å²) in [5.74, 6) is 1.23. The molecule has 6 heteroatoms. The van der Waals surface area contributed by atoms with Crippen LogP contribution in [0.4, 0.5) is 0 Å². The summed E-state index contributed by atoms with van der Waals surface area (Å²) in [6, 6.07) is 0. The Morgan fingerprint density at radius 1 is 1.53 bits per heavy atom. The molecule has 0 saturated carbocycles. The Labute approximate surface area is 94.8 Å². The van der Waals surface area contributed by atoms with Gasteiger partial charge < -0.3 is 4.90 Å². The van der Waals surface area contributed by atoms with Crippen molar-refractivity contribution in [1.82, 2.24) is 9.88 Å². The number of rotatable bonds is 1. The standard InChI is InChI=1S/C9H12N2O2S2/c1-7-10-6-8(14-7)9(12)11-2-4-15(13)5-3-11/h6H,2-5H2,1H3. The Bertz CT molecular complexity index is 393. The summed E-state index contributed by atoms with van der Waals surface area (Å²) in [6.45, 7) is 3.08. The van der Waals surface area contributed by atoms with Crippen LogP contribution in [0.5, 0.6) is 0 Å². The minimum Gasteiger partial charge on any atom is -0.336 e. The van der Waals surface area contributed by atoms with E-state index in [1.807, 2.05) is 6.92 Å². The summed E-state index contributed by atoms with van der Waals surface area (Å²) in [6.07, 6.45) is 1.62. The van der Waals surface area contributed by atoms with Crippen LogP contribution in [0, 0.1) is 6.92 Å². The second-order valence-electron chi connectivity index (χ2n) is 3.38. The zero-order chi connectivity index (χ0) is 10.8. The van der Waals surface area contributed by atoms with Crippen LogP contribution in [0.15, 0.2) is 6.20 Å². The number of carbonyl (C=O) groups excluding carboxylic acids is 1. The minimum atomic E-state index is -0.735. The van der Waals surface area contributed by atoms with Crippen molar-refractivity contribution in [3.05, 3.63) is 16.1 Å². The van der Waals surface area contributed by atoms with Crippen LogP contribution in [0.25, 0.3) is 0 Å². The van der Waals surface area contributed by atoms with Crippen LogP contribution in [-0.4, -0.2) is 44.6 Å². The second kappa shape index (κ2) is 4.40. The van der Waals surface area contributed by atoms with Crippen molar-refractivity contribution in [2.24, 2.45) is 0 Å². The molecule has 15 heavy (non-hydrogen) atoms. The fourth-order valence-corrected chi connectivity index (χ4v) is 3.25. The van der Waals surface area contributed by atoms with E-state index in [1.54, 1.807) is 11.1 Å². The average molecular weight is 244 g/mol. The first-order valence-corrected chi connectivity index (χ1v) is 7.04. The third-order valence-electron chi connectivity index (χ3n) is 2.30. The van der Waals surface area contributed by atoms with Crippen molar-refractivity contribution in [2.45, 2.75) is 6.92 Å². The normalized spacial score (nSPS) is 18.1. The van der Waals surface area contributed by atoms with Crippen molar-refractivity contribution in [2.75, 3.05) is 24.6 Å². The molecule has 0 spiro atoms. The van der Waals surface area contributed by atoms with Gasteiger partial charge in [0.1, 0.15) is 4.88 Å². The first-order chi connectivity index (χ1) is 7.16. The highest BCUT2D eigenvalue weighted by Crippen LogP contribution is 2.15. The Kier molecular flexibility index (Phi) is 3.16. The van der Waals surface area contributed by atoms with E-state index in [9.17, 15) is 9.00 Å². The zero-order valence-corrected chi connectivity index (χ0v) is 10.1. The van der Waals surface area contributed by atoms with E-state index < -0.39 is 10.8 Å². The molecule has 1 fully saturated rings. The van der Waals surface area contributed by atoms with E-state index in [-0.39, 0.29) is 5.91 Å². The largest absolute Gasteiger partial charge is 0.336 e. The van der Waals surface area contributed by atoms with Crippen molar-refractivity contribution >= 4 is 28.0 Å². The van der Waals surface area contributed by atoms with E-state index in [2.05, 4.69) is 4.98 Å². The van der Waals surface area contributed by atoms with Crippen LogP contribution < -0.4 is 0 Å². The van der Waals surface area contributed by atoms with Gasteiger partial charge in [0, 0.05) is 35.4 Å². The first kappa shape index (κ1) is 10.8. The molecule has 4 nitrogen and oxygen atoms in total. The molecule has 0 unspecified atom stereocenters. The SMILES string of the molecule is Cc1ncc(C(=O)N2CCS(=O)CC2)s1. The number of aryl methyl sites for hydroxylation is 1. The van der Waals surface area contributed by atoms with Crippen molar-refractivity contribution in [1.29, 1.82) is 0 Å². The molecule has 0 N–H and O–H groups in total. The van der Waals surface area contributed by atoms with Gasteiger partial charge in [-0.2, -0.15) is 0 Å². The second-order valence-corrected chi connectivity index (χ2v) is 6.31. The van der Waals surface area contributed by atoms with Gasteiger partial charge in [0.05, 0.1) is 11.2 Å². The van der Waals surface area contributed by atoms with E-state index in [1.165, 1.54) is 11.3 Å². The van der Waals surface area contributed by atoms with Gasteiger partial charge in [0.25, 0.3) is 5.91 Å². The molecule has 0 bridgehead atoms. The van der Waals surface area contributed by atoms with Gasteiger partial charge in [-0.25, -0.2) is 4.98 Å². The Balaban J connectivity index is 2.05. The van der Waals surface area contributed by atoms with Gasteiger partial charge in [0.15, 0.2) is 0 Å². The highest BCUT2D eigenvalue weighted by atomic mass is 32.2. The van der Waals surface area contributed by atoms with Crippen LogP contribution in [0.1, 0.15) is 14.7 Å². The molecule has 2 rings (SSSR count). The zero-order valence-electron chi connectivity index (χ0n) is 8.43. The molecule has 1 aromatic heterocycles. The number of hydrogen-bond donors (Lipinski definition) is 0. The van der Waals surface area contributed by atoms with Crippen molar-refractivity contribution in [3.8, 4) is 0 Å². The lowest BCUT2D eigenvalue weighted by molar-refractivity contribution is 0.0776. The molecule has 0 atom stereocenters. The number of carbonyl (C=O) groups is 1. The highest BCUT2D eigenvalue weighted by Gasteiger charge is 2.22. The number of thiazole rings is 1. The Morgan fingerprint density at radius 2 is 2.20 bits per heavy atom. The molecule has 1 aromatic rings. The molecule has 2 heterocycles. The smallest absolute Gasteiger partial charge is 0.265 e. The first-order valence-electron chi connectivity index (χ1n) is 4.73. The van der Waals surface area contributed by atoms with Crippen molar-refractivity contribution in [3.63, 3.8) is 0 Å². The van der Waals surface area contributed by atoms with Crippen LogP contribution in [-0.2, 0) is 10.8 Å². The summed E-state index contributed by atoms with van der Waals surface area (Å²) in [5, 5.41) is 0.902. The van der Waals surface area contributed by atoms with E-state index in [4.69, 9.17) is 0 Å². The predicted octanol–water partition coefficient (Wildman–Crippen LogP) is 0.656. The Hall–Kier alpha value is -0.750. The van der Waals surface area contributed by atoms with Gasteiger partial charge in [-0.05, 0) is 6.92 Å². The maximum absolute atomic E-state index is 11.9. The summed E-state index contributed by atoms with van der Waals surface area (Å²) >= 11 is 1.41. The van der Waals surface area contributed by atoms with Gasteiger partial charge in [0.2, 0.25) is 0 Å². The minimum absolute atomic E-state index is 0.0253. The van der Waals surface area contributed by atoms with E-state index in [0.717, 1.165) is 5.01 Å². The summed E-state index contributed by atoms with van der Waals surface area (Å²) in [7, 11) is -0.735. The molecule has 0 radical (unpaired) electrons. The molecular weight excluding hydrogens is 232 g/mol. The van der Waals surface area contributed by atoms with Crippen LogP contribution in [0.3, 0.4) is 0 Å². The number of hydrogen-bond acceptors (Lipinski definition) is 4. The van der Waals surface area contributed by atoms with Crippen LogP contribution >= 0.6 is 11.3 Å². The highest BCUT2D eigenvalue weighted by molar-refractivity contribution is 7.85. The molecule has 82 valence electrons. The number of amides is 1. The fourth-order valence-electron chi connectivity index (χ4n) is 1.46. The summed E-state index contributed by atoms with van der Waals surface area (Å²) in [4.78, 5) is 18.4. The molecule has 1 aliphatic rings. The molecule has 0 aliphatic carbocycles. The lowest BCUT2D eigenvalue weighted by atomic mass is 10.4. The monoisotopic (exact) mass is 244 g/mol. The fraction of sp³-hybridized carbons (Fsp3) is 0.556. The van der Waals surface area contributed by atoms with Gasteiger partial charge in [-0.1, -0.05) is 0 Å². The third-order valence-corrected chi connectivity index (χ3v) is 4.47. The quantitative estimate of drug-likeness (QED) is 0.729. The number of aromatic nitrogens is 1. The van der Waals surface area contributed by atoms with Gasteiger partial charge in [-0.15, -0.1) is 11.3 Å². The number of nitrogens with zero attached hydrogens (tertiary/aromatic N) is 2. The molecule has 1 amide bonds. The van der Waals surface area contributed by atoms with Gasteiger partial charge >= 0.3 is 0 Å². The molecule has 1 saturated heterocycles. The lowest BCUT2D eigenvalue weighted by Crippen LogP contribution is -2.41. The Morgan fingerprint density at radius 3 is 2.73 bits per heavy atom. The molecule has 1 aliphatic heterocycles. The summed E-state index contributed by atoms with van der Waals surface area (Å²) < 4.78 is 11.1. The van der Waals surface area contributed by atoms with Crippen LogP contribution in [0.2, 0.25) is 0 Å². The molecular formula is C9H12N2O2S2. The third kappa shape index (κ3) is 2.43. The average Bonchev–Trinajstić information content (AvgIpc) is 2.65. The summed E-state index contributed by atoms with van der Waals surface area (Å²) in [5.41, 5.74) is 0. The predicted molar refractivity (Wildman–Crippen MR) is 60.6 cm³/mol.